The number of hydrogen-bond acceptors (Lipinski definition) is 4. The second-order valence-electron chi connectivity index (χ2n) is 3.99. The summed E-state index contributed by atoms with van der Waals surface area (Å²) in [5.74, 6) is 3.54. The largest absolute Gasteiger partial charge is 0.351 e. The predicted octanol–water partition coefficient (Wildman–Crippen LogP) is 0.703. The molecular formula is C10H18N2OS2. The van der Waals surface area contributed by atoms with Crippen LogP contribution in [0.15, 0.2) is 0 Å². The van der Waals surface area contributed by atoms with Crippen molar-refractivity contribution in [3.05, 3.63) is 0 Å². The third kappa shape index (κ3) is 3.57. The number of carbonyl (C=O) groups is 1. The lowest BCUT2D eigenvalue weighted by Gasteiger charge is -2.27. The Labute approximate surface area is 99.5 Å². The van der Waals surface area contributed by atoms with E-state index in [4.69, 9.17) is 0 Å². The summed E-state index contributed by atoms with van der Waals surface area (Å²) in [5.41, 5.74) is 0. The summed E-state index contributed by atoms with van der Waals surface area (Å²) < 4.78 is 0. The molecule has 2 rings (SSSR count). The van der Waals surface area contributed by atoms with Gasteiger partial charge in [-0.25, -0.2) is 0 Å². The number of amides is 1. The zero-order valence-electron chi connectivity index (χ0n) is 8.83. The van der Waals surface area contributed by atoms with Gasteiger partial charge in [-0.1, -0.05) is 0 Å². The molecule has 0 aliphatic carbocycles. The summed E-state index contributed by atoms with van der Waals surface area (Å²) in [6, 6.07) is 0.360. The molecule has 2 atom stereocenters. The Morgan fingerprint density at radius 1 is 1.40 bits per heavy atom. The van der Waals surface area contributed by atoms with Crippen molar-refractivity contribution in [1.82, 2.24) is 10.6 Å². The SMILES string of the molecule is O=C(NC1CCCNC1)C1CSCCS1. The third-order valence-corrected chi connectivity index (χ3v) is 5.51. The Morgan fingerprint density at radius 2 is 2.33 bits per heavy atom. The van der Waals surface area contributed by atoms with Crippen LogP contribution in [0.4, 0.5) is 0 Å². The van der Waals surface area contributed by atoms with Crippen LogP contribution in [0, 0.1) is 0 Å². The Hall–Kier alpha value is 0.130. The van der Waals surface area contributed by atoms with Crippen LogP contribution >= 0.6 is 23.5 Å². The number of piperidine rings is 1. The van der Waals surface area contributed by atoms with E-state index in [-0.39, 0.29) is 11.2 Å². The van der Waals surface area contributed by atoms with Crippen molar-refractivity contribution in [2.45, 2.75) is 24.1 Å². The fourth-order valence-electron chi connectivity index (χ4n) is 1.91. The van der Waals surface area contributed by atoms with E-state index in [1.807, 2.05) is 11.8 Å². The molecule has 0 aromatic heterocycles. The van der Waals surface area contributed by atoms with Crippen molar-refractivity contribution in [2.24, 2.45) is 0 Å². The molecule has 86 valence electrons. The van der Waals surface area contributed by atoms with Crippen LogP contribution in [0.5, 0.6) is 0 Å². The van der Waals surface area contributed by atoms with Crippen LogP contribution in [-0.2, 0) is 4.79 Å². The summed E-state index contributed by atoms with van der Waals surface area (Å²) in [5, 5.41) is 6.66. The van der Waals surface area contributed by atoms with Crippen LogP contribution < -0.4 is 10.6 Å². The molecule has 2 saturated heterocycles. The fraction of sp³-hybridized carbons (Fsp3) is 0.900. The average molecular weight is 246 g/mol. The van der Waals surface area contributed by atoms with E-state index in [2.05, 4.69) is 10.6 Å². The molecule has 0 spiro atoms. The predicted molar refractivity (Wildman–Crippen MR) is 67.6 cm³/mol. The molecule has 5 heteroatoms. The number of carbonyl (C=O) groups excluding carboxylic acids is 1. The van der Waals surface area contributed by atoms with Gasteiger partial charge in [-0.15, -0.1) is 11.8 Å². The quantitative estimate of drug-likeness (QED) is 0.753. The highest BCUT2D eigenvalue weighted by molar-refractivity contribution is 8.07. The Morgan fingerprint density at radius 3 is 3.00 bits per heavy atom. The molecule has 15 heavy (non-hydrogen) atoms. The molecule has 1 amide bonds. The highest BCUT2D eigenvalue weighted by Crippen LogP contribution is 2.24. The summed E-state index contributed by atoms with van der Waals surface area (Å²) in [7, 11) is 0. The zero-order valence-corrected chi connectivity index (χ0v) is 10.5. The number of rotatable bonds is 2. The summed E-state index contributed by atoms with van der Waals surface area (Å²) in [6.07, 6.45) is 2.31. The van der Waals surface area contributed by atoms with Gasteiger partial charge in [-0.05, 0) is 19.4 Å². The number of nitrogens with one attached hydrogen (secondary N) is 2. The van der Waals surface area contributed by atoms with E-state index >= 15 is 0 Å². The first-order valence-electron chi connectivity index (χ1n) is 5.57. The van der Waals surface area contributed by atoms with Gasteiger partial charge in [-0.2, -0.15) is 11.8 Å². The molecule has 0 saturated carbocycles. The average Bonchev–Trinajstić information content (AvgIpc) is 2.31. The van der Waals surface area contributed by atoms with Gasteiger partial charge in [0.05, 0.1) is 5.25 Å². The molecule has 2 fully saturated rings. The summed E-state index contributed by atoms with van der Waals surface area (Å²) in [4.78, 5) is 11.9. The van der Waals surface area contributed by atoms with Crippen LogP contribution in [0.2, 0.25) is 0 Å². The third-order valence-electron chi connectivity index (χ3n) is 2.75. The summed E-state index contributed by atoms with van der Waals surface area (Å²) >= 11 is 3.70. The molecule has 0 aromatic carbocycles. The highest BCUT2D eigenvalue weighted by atomic mass is 32.2. The van der Waals surface area contributed by atoms with Gasteiger partial charge in [0, 0.05) is 29.8 Å². The van der Waals surface area contributed by atoms with Gasteiger partial charge in [0.2, 0.25) is 5.91 Å². The maximum atomic E-state index is 11.9. The number of hydrogen-bond donors (Lipinski definition) is 2. The summed E-state index contributed by atoms with van der Waals surface area (Å²) in [6.45, 7) is 2.04. The van der Waals surface area contributed by atoms with Crippen LogP contribution in [0.25, 0.3) is 0 Å². The van der Waals surface area contributed by atoms with E-state index in [9.17, 15) is 4.79 Å². The van der Waals surface area contributed by atoms with E-state index in [1.54, 1.807) is 11.8 Å². The fourth-order valence-corrected chi connectivity index (χ4v) is 4.47. The van der Waals surface area contributed by atoms with E-state index in [0.29, 0.717) is 6.04 Å². The minimum absolute atomic E-state index is 0.186. The van der Waals surface area contributed by atoms with Crippen molar-refractivity contribution >= 4 is 29.4 Å². The molecule has 2 unspecified atom stereocenters. The second-order valence-corrected chi connectivity index (χ2v) is 6.45. The molecule has 2 N–H and O–H groups in total. The van der Waals surface area contributed by atoms with Crippen LogP contribution in [0.3, 0.4) is 0 Å². The van der Waals surface area contributed by atoms with Gasteiger partial charge >= 0.3 is 0 Å². The van der Waals surface area contributed by atoms with E-state index < -0.39 is 0 Å². The first-order valence-corrected chi connectivity index (χ1v) is 7.77. The zero-order chi connectivity index (χ0) is 10.5. The molecule has 2 aliphatic rings. The van der Waals surface area contributed by atoms with E-state index in [1.165, 1.54) is 12.2 Å². The standard InChI is InChI=1S/C10H18N2OS2/c13-10(9-7-14-4-5-15-9)12-8-2-1-3-11-6-8/h8-9,11H,1-7H2,(H,12,13). The van der Waals surface area contributed by atoms with Crippen molar-refractivity contribution in [3.63, 3.8) is 0 Å². The van der Waals surface area contributed by atoms with Gasteiger partial charge in [0.15, 0.2) is 0 Å². The Balaban J connectivity index is 1.74. The maximum absolute atomic E-state index is 11.9. The molecule has 0 radical (unpaired) electrons. The monoisotopic (exact) mass is 246 g/mol. The lowest BCUT2D eigenvalue weighted by Crippen LogP contribution is -2.49. The minimum Gasteiger partial charge on any atom is -0.351 e. The highest BCUT2D eigenvalue weighted by Gasteiger charge is 2.24. The first kappa shape index (κ1) is 11.6. The molecule has 0 aromatic rings. The van der Waals surface area contributed by atoms with Crippen molar-refractivity contribution in [1.29, 1.82) is 0 Å². The Kier molecular flexibility index (Phi) is 4.65. The topological polar surface area (TPSA) is 41.1 Å². The molecule has 3 nitrogen and oxygen atoms in total. The lowest BCUT2D eigenvalue weighted by molar-refractivity contribution is -0.121. The molecular weight excluding hydrogens is 228 g/mol. The molecule has 2 aliphatic heterocycles. The van der Waals surface area contributed by atoms with Crippen molar-refractivity contribution in [3.8, 4) is 0 Å². The van der Waals surface area contributed by atoms with Crippen LogP contribution in [0.1, 0.15) is 12.8 Å². The lowest BCUT2D eigenvalue weighted by atomic mass is 10.1. The van der Waals surface area contributed by atoms with Gasteiger partial charge in [0.1, 0.15) is 0 Å². The Bertz CT molecular complexity index is 213. The molecule has 0 bridgehead atoms. The van der Waals surface area contributed by atoms with Gasteiger partial charge < -0.3 is 10.6 Å². The van der Waals surface area contributed by atoms with Crippen LogP contribution in [-0.4, -0.2) is 47.5 Å². The smallest absolute Gasteiger partial charge is 0.234 e. The normalized spacial score (nSPS) is 32.3. The second kappa shape index (κ2) is 6.01. The molecule has 2 heterocycles. The van der Waals surface area contributed by atoms with Crippen molar-refractivity contribution in [2.75, 3.05) is 30.3 Å². The minimum atomic E-state index is 0.186. The van der Waals surface area contributed by atoms with Gasteiger partial charge in [0.25, 0.3) is 0 Å². The number of thioether (sulfide) groups is 2. The first-order chi connectivity index (χ1) is 7.36. The van der Waals surface area contributed by atoms with Gasteiger partial charge in [-0.3, -0.25) is 4.79 Å². The van der Waals surface area contributed by atoms with E-state index in [0.717, 1.165) is 31.0 Å². The maximum Gasteiger partial charge on any atom is 0.234 e. The van der Waals surface area contributed by atoms with Crippen molar-refractivity contribution < 1.29 is 4.79 Å².